The van der Waals surface area contributed by atoms with Gasteiger partial charge in [0.15, 0.2) is 5.13 Å². The van der Waals surface area contributed by atoms with Gasteiger partial charge in [-0.25, -0.2) is 4.98 Å². The molecule has 1 aliphatic heterocycles. The van der Waals surface area contributed by atoms with Crippen LogP contribution in [0.15, 0.2) is 30.5 Å². The molecule has 3 aromatic heterocycles. The number of carbonyl (C=O) groups is 1. The number of ether oxygens (including phenoxy) is 1. The summed E-state index contributed by atoms with van der Waals surface area (Å²) >= 11 is 3.06. The van der Waals surface area contributed by atoms with Crippen molar-refractivity contribution in [3.63, 3.8) is 0 Å². The number of nitrogens with one attached hydrogen (secondary N) is 1. The summed E-state index contributed by atoms with van der Waals surface area (Å²) in [6, 6.07) is 7.72. The van der Waals surface area contributed by atoms with Crippen LogP contribution in [0, 0.1) is 0 Å². The molecule has 0 radical (unpaired) electrons. The van der Waals surface area contributed by atoms with E-state index in [0.29, 0.717) is 4.88 Å². The van der Waals surface area contributed by atoms with Gasteiger partial charge in [0.1, 0.15) is 4.83 Å². The van der Waals surface area contributed by atoms with Gasteiger partial charge in [-0.1, -0.05) is 11.3 Å². The number of benzene rings is 1. The van der Waals surface area contributed by atoms with Crippen molar-refractivity contribution in [1.29, 1.82) is 0 Å². The fourth-order valence-corrected chi connectivity index (χ4v) is 5.32. The number of hydrogen-bond acceptors (Lipinski definition) is 7. The Morgan fingerprint density at radius 2 is 2.07 bits per heavy atom. The van der Waals surface area contributed by atoms with Crippen LogP contribution in [0.5, 0.6) is 0 Å². The summed E-state index contributed by atoms with van der Waals surface area (Å²) in [4.78, 5) is 21.2. The number of aromatic nitrogens is 3. The van der Waals surface area contributed by atoms with Crippen LogP contribution < -0.4 is 10.2 Å². The zero-order valence-electron chi connectivity index (χ0n) is 14.6. The molecule has 4 heterocycles. The third-order valence-electron chi connectivity index (χ3n) is 4.59. The molecule has 5 rings (SSSR count). The third kappa shape index (κ3) is 3.07. The van der Waals surface area contributed by atoms with E-state index in [4.69, 9.17) is 9.72 Å². The number of hydrogen-bond donors (Lipinski definition) is 1. The summed E-state index contributed by atoms with van der Waals surface area (Å²) < 4.78 is 8.25. The van der Waals surface area contributed by atoms with E-state index in [-0.39, 0.29) is 5.91 Å². The van der Waals surface area contributed by atoms with Gasteiger partial charge in [0.25, 0.3) is 5.91 Å². The maximum atomic E-state index is 12.6. The third-order valence-corrected chi connectivity index (χ3v) is 6.81. The fourth-order valence-electron chi connectivity index (χ4n) is 3.16. The number of aryl methyl sites for hydroxylation is 1. The molecule has 27 heavy (non-hydrogen) atoms. The summed E-state index contributed by atoms with van der Waals surface area (Å²) in [5.74, 6) is -0.110. The van der Waals surface area contributed by atoms with Crippen molar-refractivity contribution in [2.24, 2.45) is 7.05 Å². The molecular weight excluding hydrogens is 382 g/mol. The Morgan fingerprint density at radius 3 is 2.89 bits per heavy atom. The van der Waals surface area contributed by atoms with Crippen molar-refractivity contribution < 1.29 is 9.53 Å². The molecule has 138 valence electrons. The fraction of sp³-hybridized carbons (Fsp3) is 0.278. The standard InChI is InChI=1S/C18H17N5O2S2/c1-22-13-3-2-12(8-11(13)10-19-22)20-16(24)14-9-15-17(26-14)21-18(27-15)23-4-6-25-7-5-23/h2-3,8-10H,4-7H2,1H3,(H,20,24). The average molecular weight is 400 g/mol. The van der Waals surface area contributed by atoms with E-state index in [1.807, 2.05) is 36.0 Å². The van der Waals surface area contributed by atoms with Crippen LogP contribution in [0.4, 0.5) is 10.8 Å². The smallest absolute Gasteiger partial charge is 0.265 e. The summed E-state index contributed by atoms with van der Waals surface area (Å²) in [7, 11) is 1.90. The van der Waals surface area contributed by atoms with Crippen LogP contribution in [0.3, 0.4) is 0 Å². The second-order valence-corrected chi connectivity index (χ2v) is 8.41. The number of fused-ring (bicyclic) bond motifs is 2. The van der Waals surface area contributed by atoms with E-state index in [1.165, 1.54) is 11.3 Å². The Morgan fingerprint density at radius 1 is 1.22 bits per heavy atom. The zero-order valence-corrected chi connectivity index (χ0v) is 16.3. The first kappa shape index (κ1) is 16.7. The molecule has 0 bridgehead atoms. The van der Waals surface area contributed by atoms with Crippen LogP contribution in [0.25, 0.3) is 20.4 Å². The second-order valence-electron chi connectivity index (χ2n) is 6.37. The van der Waals surface area contributed by atoms with Crippen LogP contribution in [0.1, 0.15) is 9.67 Å². The lowest BCUT2D eigenvalue weighted by atomic mass is 10.2. The van der Waals surface area contributed by atoms with Crippen LogP contribution >= 0.6 is 22.7 Å². The van der Waals surface area contributed by atoms with Crippen LogP contribution in [-0.2, 0) is 11.8 Å². The predicted molar refractivity (Wildman–Crippen MR) is 109 cm³/mol. The Hall–Kier alpha value is -2.49. The van der Waals surface area contributed by atoms with Gasteiger partial charge in [-0.2, -0.15) is 5.10 Å². The molecule has 1 amide bonds. The number of amides is 1. The highest BCUT2D eigenvalue weighted by molar-refractivity contribution is 7.29. The molecule has 1 N–H and O–H groups in total. The number of thiophene rings is 1. The number of thiazole rings is 1. The average Bonchev–Trinajstić information content (AvgIpc) is 3.36. The lowest BCUT2D eigenvalue weighted by molar-refractivity contribution is 0.103. The highest BCUT2D eigenvalue weighted by Crippen LogP contribution is 2.35. The molecule has 0 saturated carbocycles. The summed E-state index contributed by atoms with van der Waals surface area (Å²) in [6.07, 6.45) is 1.79. The summed E-state index contributed by atoms with van der Waals surface area (Å²) in [5.41, 5.74) is 1.80. The monoisotopic (exact) mass is 399 g/mol. The SMILES string of the molecule is Cn1ncc2cc(NC(=O)c3cc4sc(N5CCOCC5)nc4s3)ccc21. The van der Waals surface area contributed by atoms with Gasteiger partial charge >= 0.3 is 0 Å². The summed E-state index contributed by atoms with van der Waals surface area (Å²) in [5, 5.41) is 9.21. The maximum Gasteiger partial charge on any atom is 0.265 e. The van der Waals surface area contributed by atoms with Gasteiger partial charge in [0, 0.05) is 31.2 Å². The van der Waals surface area contributed by atoms with Crippen molar-refractivity contribution in [2.75, 3.05) is 36.5 Å². The molecule has 0 atom stereocenters. The van der Waals surface area contributed by atoms with Gasteiger partial charge in [-0.3, -0.25) is 9.48 Å². The quantitative estimate of drug-likeness (QED) is 0.572. The molecular formula is C18H17N5O2S2. The number of morpholine rings is 1. The van der Waals surface area contributed by atoms with Gasteiger partial charge in [-0.15, -0.1) is 11.3 Å². The number of carbonyl (C=O) groups excluding carboxylic acids is 1. The highest BCUT2D eigenvalue weighted by Gasteiger charge is 2.19. The number of nitrogens with zero attached hydrogens (tertiary/aromatic N) is 4. The lowest BCUT2D eigenvalue weighted by Gasteiger charge is -2.25. The maximum absolute atomic E-state index is 12.6. The molecule has 1 aromatic carbocycles. The van der Waals surface area contributed by atoms with Crippen molar-refractivity contribution in [3.05, 3.63) is 35.3 Å². The van der Waals surface area contributed by atoms with E-state index < -0.39 is 0 Å². The molecule has 4 aromatic rings. The molecule has 0 unspecified atom stereocenters. The Balaban J connectivity index is 1.35. The Bertz CT molecular complexity index is 1110. The molecule has 1 fully saturated rings. The minimum Gasteiger partial charge on any atom is -0.378 e. The van der Waals surface area contributed by atoms with E-state index in [9.17, 15) is 4.79 Å². The van der Waals surface area contributed by atoms with Crippen molar-refractivity contribution in [1.82, 2.24) is 14.8 Å². The van der Waals surface area contributed by atoms with Gasteiger partial charge in [0.05, 0.1) is 34.5 Å². The van der Waals surface area contributed by atoms with Gasteiger partial charge in [-0.05, 0) is 24.3 Å². The number of rotatable bonds is 3. The number of anilines is 2. The topological polar surface area (TPSA) is 72.3 Å². The minimum absolute atomic E-state index is 0.110. The van der Waals surface area contributed by atoms with Crippen LogP contribution in [0.2, 0.25) is 0 Å². The van der Waals surface area contributed by atoms with E-state index in [2.05, 4.69) is 15.3 Å². The highest BCUT2D eigenvalue weighted by atomic mass is 32.1. The van der Waals surface area contributed by atoms with Gasteiger partial charge in [0.2, 0.25) is 0 Å². The molecule has 1 aliphatic rings. The minimum atomic E-state index is -0.110. The largest absolute Gasteiger partial charge is 0.378 e. The molecule has 1 saturated heterocycles. The molecule has 9 heteroatoms. The van der Waals surface area contributed by atoms with E-state index >= 15 is 0 Å². The first-order chi connectivity index (χ1) is 13.2. The molecule has 0 aliphatic carbocycles. The lowest BCUT2D eigenvalue weighted by Crippen LogP contribution is -2.36. The Labute approximate surface area is 163 Å². The Kier molecular flexibility index (Phi) is 4.07. The zero-order chi connectivity index (χ0) is 18.4. The van der Waals surface area contributed by atoms with Crippen molar-refractivity contribution >= 4 is 59.8 Å². The second kappa shape index (κ2) is 6.59. The van der Waals surface area contributed by atoms with E-state index in [1.54, 1.807) is 17.5 Å². The van der Waals surface area contributed by atoms with Crippen LogP contribution in [-0.4, -0.2) is 47.0 Å². The summed E-state index contributed by atoms with van der Waals surface area (Å²) in [6.45, 7) is 3.21. The first-order valence-corrected chi connectivity index (χ1v) is 10.3. The van der Waals surface area contributed by atoms with Crippen molar-refractivity contribution in [3.8, 4) is 0 Å². The first-order valence-electron chi connectivity index (χ1n) is 8.63. The van der Waals surface area contributed by atoms with Gasteiger partial charge < -0.3 is 15.0 Å². The molecule has 0 spiro atoms. The van der Waals surface area contributed by atoms with Crippen molar-refractivity contribution in [2.45, 2.75) is 0 Å². The predicted octanol–water partition coefficient (Wildman–Crippen LogP) is 3.33. The van der Waals surface area contributed by atoms with E-state index in [0.717, 1.165) is 57.6 Å². The molecule has 7 nitrogen and oxygen atoms in total. The normalized spacial score (nSPS) is 14.9.